The summed E-state index contributed by atoms with van der Waals surface area (Å²) in [5.41, 5.74) is 0.201. The lowest BCUT2D eigenvalue weighted by Gasteiger charge is -2.18. The Morgan fingerprint density at radius 1 is 1.36 bits per heavy atom. The van der Waals surface area contributed by atoms with Crippen molar-refractivity contribution in [3.8, 4) is 0 Å². The second-order valence-corrected chi connectivity index (χ2v) is 6.08. The van der Waals surface area contributed by atoms with Crippen molar-refractivity contribution in [1.82, 2.24) is 10.2 Å². The third-order valence-electron chi connectivity index (χ3n) is 4.54. The smallest absolute Gasteiger partial charge is 0.352 e. The minimum absolute atomic E-state index is 0.0498. The van der Waals surface area contributed by atoms with E-state index < -0.39 is 11.7 Å². The number of fused-ring (bicyclic) bond motifs is 3. The molecule has 118 valence electrons. The fourth-order valence-corrected chi connectivity index (χ4v) is 3.39. The first-order valence-corrected chi connectivity index (χ1v) is 7.14. The Morgan fingerprint density at radius 3 is 2.77 bits per heavy atom. The highest BCUT2D eigenvalue weighted by Crippen LogP contribution is 2.38. The van der Waals surface area contributed by atoms with E-state index in [0.717, 1.165) is 18.7 Å². The number of alkyl halides is 3. The molecule has 1 N–H and O–H groups in total. The lowest BCUT2D eigenvalue weighted by atomic mass is 9.86. The normalized spacial score (nSPS) is 25.2. The fraction of sp³-hybridized carbons (Fsp3) is 0.438. The summed E-state index contributed by atoms with van der Waals surface area (Å²) in [4.78, 5) is 14.4. The average molecular weight is 310 g/mol. The van der Waals surface area contributed by atoms with Crippen LogP contribution in [0.2, 0.25) is 0 Å². The van der Waals surface area contributed by atoms with Gasteiger partial charge in [-0.3, -0.25) is 4.79 Å². The van der Waals surface area contributed by atoms with Crippen LogP contribution < -0.4 is 5.32 Å². The maximum Gasteiger partial charge on any atom is 0.416 e. The predicted molar refractivity (Wildman–Crippen MR) is 77.6 cm³/mol. The Hall–Kier alpha value is -1.82. The number of likely N-dealkylation sites (N-methyl/N-ethyl adjacent to an activating group) is 1. The minimum Gasteiger partial charge on any atom is -0.352 e. The van der Waals surface area contributed by atoms with Crippen molar-refractivity contribution >= 4 is 11.5 Å². The molecule has 2 atom stereocenters. The highest BCUT2D eigenvalue weighted by Gasteiger charge is 2.38. The summed E-state index contributed by atoms with van der Waals surface area (Å²) < 4.78 is 38.4. The number of allylic oxidation sites excluding steroid dienone is 1. The molecule has 0 bridgehead atoms. The molecule has 0 radical (unpaired) electrons. The molecule has 3 nitrogen and oxygen atoms in total. The van der Waals surface area contributed by atoms with Gasteiger partial charge in [-0.05, 0) is 30.2 Å². The summed E-state index contributed by atoms with van der Waals surface area (Å²) in [7, 11) is 2.01. The van der Waals surface area contributed by atoms with Crippen LogP contribution in [0.1, 0.15) is 27.4 Å². The first-order chi connectivity index (χ1) is 10.3. The molecule has 1 aromatic carbocycles. The minimum atomic E-state index is -4.49. The van der Waals surface area contributed by atoms with Crippen molar-refractivity contribution in [3.63, 3.8) is 0 Å². The number of nitrogens with zero attached hydrogens (tertiary/aromatic N) is 1. The van der Waals surface area contributed by atoms with Crippen LogP contribution in [0, 0.1) is 5.92 Å². The summed E-state index contributed by atoms with van der Waals surface area (Å²) >= 11 is 0. The van der Waals surface area contributed by atoms with Crippen molar-refractivity contribution in [3.05, 3.63) is 41.5 Å². The van der Waals surface area contributed by atoms with Gasteiger partial charge in [-0.25, -0.2) is 0 Å². The maximum atomic E-state index is 12.8. The van der Waals surface area contributed by atoms with Crippen molar-refractivity contribution in [2.75, 3.05) is 26.7 Å². The van der Waals surface area contributed by atoms with Crippen LogP contribution in [-0.4, -0.2) is 43.7 Å². The van der Waals surface area contributed by atoms with E-state index in [1.165, 1.54) is 12.1 Å². The van der Waals surface area contributed by atoms with Gasteiger partial charge in [0.2, 0.25) is 0 Å². The van der Waals surface area contributed by atoms with Crippen molar-refractivity contribution in [2.45, 2.75) is 12.1 Å². The Bertz CT molecular complexity index is 639. The van der Waals surface area contributed by atoms with Gasteiger partial charge >= 0.3 is 6.18 Å². The molecule has 22 heavy (non-hydrogen) atoms. The van der Waals surface area contributed by atoms with Gasteiger partial charge in [-0.15, -0.1) is 0 Å². The van der Waals surface area contributed by atoms with E-state index in [2.05, 4.69) is 16.8 Å². The second-order valence-electron chi connectivity index (χ2n) is 6.08. The van der Waals surface area contributed by atoms with Gasteiger partial charge in [-0.2, -0.15) is 13.2 Å². The molecule has 2 aliphatic heterocycles. The lowest BCUT2D eigenvalue weighted by molar-refractivity contribution is -0.0686. The van der Waals surface area contributed by atoms with Gasteiger partial charge in [0.05, 0.1) is 5.57 Å². The molecule has 6 heteroatoms. The number of rotatable bonds is 1. The summed E-state index contributed by atoms with van der Waals surface area (Å²) in [6.07, 6.45) is -4.49. The monoisotopic (exact) mass is 310 g/mol. The van der Waals surface area contributed by atoms with Gasteiger partial charge in [0.1, 0.15) is 0 Å². The maximum absolute atomic E-state index is 12.8. The molecule has 0 saturated carbocycles. The first kappa shape index (κ1) is 15.1. The first-order valence-electron chi connectivity index (χ1n) is 7.14. The van der Waals surface area contributed by atoms with Crippen LogP contribution in [0.5, 0.6) is 0 Å². The molecule has 0 aromatic heterocycles. The molecular formula is C16H17F3N2O. The third kappa shape index (κ3) is 2.52. The van der Waals surface area contributed by atoms with Crippen LogP contribution in [0.3, 0.4) is 0 Å². The van der Waals surface area contributed by atoms with Gasteiger partial charge in [0.25, 0.3) is 5.91 Å². The van der Waals surface area contributed by atoms with E-state index in [4.69, 9.17) is 0 Å². The number of carbonyl (C=O) groups is 1. The van der Waals surface area contributed by atoms with E-state index in [1.807, 2.05) is 7.05 Å². The van der Waals surface area contributed by atoms with E-state index in [0.29, 0.717) is 18.0 Å². The summed E-state index contributed by atoms with van der Waals surface area (Å²) in [5, 5.41) is 2.82. The zero-order chi connectivity index (χ0) is 16.1. The highest BCUT2D eigenvalue weighted by atomic mass is 19.4. The molecule has 1 amide bonds. The van der Waals surface area contributed by atoms with Crippen LogP contribution in [0.25, 0.3) is 5.57 Å². The average Bonchev–Trinajstić information content (AvgIpc) is 2.77. The summed E-state index contributed by atoms with van der Waals surface area (Å²) in [6.45, 7) is 5.35. The van der Waals surface area contributed by atoms with E-state index in [-0.39, 0.29) is 17.4 Å². The van der Waals surface area contributed by atoms with Crippen LogP contribution in [-0.2, 0) is 0 Å². The fourth-order valence-electron chi connectivity index (χ4n) is 3.39. The highest BCUT2D eigenvalue weighted by molar-refractivity contribution is 5.97. The van der Waals surface area contributed by atoms with Gasteiger partial charge < -0.3 is 10.2 Å². The van der Waals surface area contributed by atoms with Gasteiger partial charge in [0, 0.05) is 31.1 Å². The molecule has 3 rings (SSSR count). The van der Waals surface area contributed by atoms with Crippen LogP contribution in [0.4, 0.5) is 13.2 Å². The number of carbonyl (C=O) groups excluding carboxylic acids is 1. The lowest BCUT2D eigenvalue weighted by Crippen LogP contribution is -2.29. The SMILES string of the molecule is C=C(c1ccc2c(c1)C(=O)NC[C@H]1CN(C)C[C@H]21)C(F)(F)F. The molecule has 1 fully saturated rings. The van der Waals surface area contributed by atoms with E-state index >= 15 is 0 Å². The topological polar surface area (TPSA) is 32.3 Å². The quantitative estimate of drug-likeness (QED) is 0.865. The largest absolute Gasteiger partial charge is 0.416 e. The van der Waals surface area contributed by atoms with Gasteiger partial charge in [0.15, 0.2) is 0 Å². The zero-order valence-electron chi connectivity index (χ0n) is 12.2. The molecule has 1 saturated heterocycles. The molecule has 0 unspecified atom stereocenters. The third-order valence-corrected chi connectivity index (χ3v) is 4.54. The Labute approximate surface area is 126 Å². The van der Waals surface area contributed by atoms with E-state index in [1.54, 1.807) is 6.07 Å². The number of hydrogen-bond donors (Lipinski definition) is 1. The number of benzene rings is 1. The zero-order valence-corrected chi connectivity index (χ0v) is 12.2. The van der Waals surface area contributed by atoms with E-state index in [9.17, 15) is 18.0 Å². The van der Waals surface area contributed by atoms with Crippen LogP contribution >= 0.6 is 0 Å². The molecule has 0 aliphatic carbocycles. The molecular weight excluding hydrogens is 293 g/mol. The number of hydrogen-bond acceptors (Lipinski definition) is 2. The molecule has 2 aliphatic rings. The van der Waals surface area contributed by atoms with Crippen molar-refractivity contribution in [1.29, 1.82) is 0 Å². The Kier molecular flexibility index (Phi) is 3.51. The molecule has 2 heterocycles. The molecule has 1 aromatic rings. The predicted octanol–water partition coefficient (Wildman–Crippen LogP) is 2.65. The van der Waals surface area contributed by atoms with Crippen LogP contribution in [0.15, 0.2) is 24.8 Å². The Balaban J connectivity index is 2.04. The number of nitrogens with one attached hydrogen (secondary N) is 1. The number of likely N-dealkylation sites (tertiary alicyclic amines) is 1. The van der Waals surface area contributed by atoms with Crippen molar-refractivity contribution < 1.29 is 18.0 Å². The summed E-state index contributed by atoms with van der Waals surface area (Å²) in [6, 6.07) is 4.40. The van der Waals surface area contributed by atoms with Crippen molar-refractivity contribution in [2.24, 2.45) is 5.92 Å². The Morgan fingerprint density at radius 2 is 2.09 bits per heavy atom. The van der Waals surface area contributed by atoms with Gasteiger partial charge in [-0.1, -0.05) is 18.7 Å². The molecule has 0 spiro atoms. The number of amides is 1. The standard InChI is InChI=1S/C16H17F3N2O/c1-9(16(17,18)19)10-3-4-12-13(5-10)15(22)20-6-11-7-21(2)8-14(11)12/h3-5,11,14H,1,6-8H2,2H3,(H,20,22)/t11-,14-/m0/s1. The summed E-state index contributed by atoms with van der Waals surface area (Å²) in [5.74, 6) is 0.169. The number of halogens is 3. The second kappa shape index (κ2) is 5.12.